The second kappa shape index (κ2) is 6.88. The highest BCUT2D eigenvalue weighted by molar-refractivity contribution is 5.90. The van der Waals surface area contributed by atoms with Crippen LogP contribution in [0.25, 0.3) is 0 Å². The number of hydrogen-bond acceptors (Lipinski definition) is 5. The van der Waals surface area contributed by atoms with Crippen molar-refractivity contribution < 1.29 is 23.9 Å². The third-order valence-electron chi connectivity index (χ3n) is 3.34. The van der Waals surface area contributed by atoms with Crippen LogP contribution in [0.5, 0.6) is 0 Å². The predicted octanol–water partition coefficient (Wildman–Crippen LogP) is 0.894. The Kier molecular flexibility index (Phi) is 4.92. The molecule has 1 saturated heterocycles. The molecule has 1 amide bonds. The van der Waals surface area contributed by atoms with Crippen molar-refractivity contribution in [2.75, 3.05) is 13.7 Å². The molecule has 112 valence electrons. The Labute approximate surface area is 122 Å². The van der Waals surface area contributed by atoms with Gasteiger partial charge >= 0.3 is 11.9 Å². The van der Waals surface area contributed by atoms with Crippen LogP contribution in [-0.2, 0) is 30.5 Å². The van der Waals surface area contributed by atoms with Gasteiger partial charge in [-0.1, -0.05) is 30.3 Å². The number of carbonyl (C=O) groups is 3. The molecule has 0 aromatic heterocycles. The van der Waals surface area contributed by atoms with Crippen molar-refractivity contribution >= 4 is 17.8 Å². The van der Waals surface area contributed by atoms with Crippen molar-refractivity contribution in [2.45, 2.75) is 25.5 Å². The van der Waals surface area contributed by atoms with Crippen LogP contribution in [0, 0.1) is 0 Å². The van der Waals surface area contributed by atoms with Gasteiger partial charge in [0.05, 0.1) is 7.11 Å². The number of ether oxygens (including phenoxy) is 2. The number of benzene rings is 1. The van der Waals surface area contributed by atoms with Crippen molar-refractivity contribution in [1.29, 1.82) is 0 Å². The molecule has 21 heavy (non-hydrogen) atoms. The fraction of sp³-hybridized carbons (Fsp3) is 0.400. The van der Waals surface area contributed by atoms with E-state index in [1.165, 1.54) is 12.0 Å². The van der Waals surface area contributed by atoms with Crippen LogP contribution in [0.1, 0.15) is 18.4 Å². The lowest BCUT2D eigenvalue weighted by molar-refractivity contribution is -0.155. The number of rotatable bonds is 5. The van der Waals surface area contributed by atoms with Gasteiger partial charge in [0, 0.05) is 6.42 Å². The molecule has 2 rings (SSSR count). The van der Waals surface area contributed by atoms with E-state index in [4.69, 9.17) is 4.74 Å². The molecule has 1 aliphatic rings. The molecule has 1 atom stereocenters. The standard InChI is InChI=1S/C15H17NO5/c1-20-15(19)12-7-8-13(17)16(12)9-14(18)21-10-11-5-3-2-4-6-11/h2-6,12H,7-10H2,1H3/t12-/m1/s1. The van der Waals surface area contributed by atoms with Gasteiger partial charge in [-0.2, -0.15) is 0 Å². The quantitative estimate of drug-likeness (QED) is 0.753. The first kappa shape index (κ1) is 15.0. The van der Waals surface area contributed by atoms with E-state index in [0.717, 1.165) is 5.56 Å². The zero-order valence-electron chi connectivity index (χ0n) is 11.8. The van der Waals surface area contributed by atoms with E-state index < -0.39 is 18.0 Å². The normalized spacial score (nSPS) is 17.7. The molecule has 1 fully saturated rings. The predicted molar refractivity (Wildman–Crippen MR) is 73.0 cm³/mol. The fourth-order valence-electron chi connectivity index (χ4n) is 2.24. The Morgan fingerprint density at radius 3 is 2.67 bits per heavy atom. The number of amides is 1. The number of hydrogen-bond donors (Lipinski definition) is 0. The van der Waals surface area contributed by atoms with Crippen LogP contribution in [0.3, 0.4) is 0 Å². The zero-order chi connectivity index (χ0) is 15.2. The van der Waals surface area contributed by atoms with E-state index in [-0.39, 0.29) is 25.5 Å². The first-order valence-electron chi connectivity index (χ1n) is 6.68. The molecule has 0 bridgehead atoms. The first-order chi connectivity index (χ1) is 10.1. The molecule has 6 heteroatoms. The van der Waals surface area contributed by atoms with E-state index in [1.54, 1.807) is 0 Å². The summed E-state index contributed by atoms with van der Waals surface area (Å²) in [5.74, 6) is -1.28. The summed E-state index contributed by atoms with van der Waals surface area (Å²) in [5, 5.41) is 0. The van der Waals surface area contributed by atoms with Crippen molar-refractivity contribution in [1.82, 2.24) is 4.90 Å². The number of methoxy groups -OCH3 is 1. The minimum Gasteiger partial charge on any atom is -0.467 e. The van der Waals surface area contributed by atoms with E-state index in [9.17, 15) is 14.4 Å². The lowest BCUT2D eigenvalue weighted by Gasteiger charge is -2.21. The molecule has 0 spiro atoms. The maximum absolute atomic E-state index is 11.8. The van der Waals surface area contributed by atoms with E-state index in [0.29, 0.717) is 6.42 Å². The van der Waals surface area contributed by atoms with E-state index >= 15 is 0 Å². The van der Waals surface area contributed by atoms with Crippen LogP contribution in [0.2, 0.25) is 0 Å². The Balaban J connectivity index is 1.89. The van der Waals surface area contributed by atoms with Crippen molar-refractivity contribution in [3.63, 3.8) is 0 Å². The van der Waals surface area contributed by atoms with Gasteiger partial charge in [-0.15, -0.1) is 0 Å². The topological polar surface area (TPSA) is 72.9 Å². The van der Waals surface area contributed by atoms with Gasteiger partial charge in [0.15, 0.2) is 0 Å². The van der Waals surface area contributed by atoms with Gasteiger partial charge in [-0.25, -0.2) is 4.79 Å². The van der Waals surface area contributed by atoms with Crippen molar-refractivity contribution in [3.8, 4) is 0 Å². The highest BCUT2D eigenvalue weighted by atomic mass is 16.5. The second-order valence-corrected chi connectivity index (χ2v) is 4.75. The van der Waals surface area contributed by atoms with Crippen LogP contribution in [-0.4, -0.2) is 42.4 Å². The fourth-order valence-corrected chi connectivity index (χ4v) is 2.24. The molecule has 1 aromatic carbocycles. The summed E-state index contributed by atoms with van der Waals surface area (Å²) in [6, 6.07) is 8.56. The Hall–Kier alpha value is -2.37. The summed E-state index contributed by atoms with van der Waals surface area (Å²) < 4.78 is 9.75. The van der Waals surface area contributed by atoms with Gasteiger partial charge in [-0.05, 0) is 12.0 Å². The van der Waals surface area contributed by atoms with E-state index in [2.05, 4.69) is 4.74 Å². The lowest BCUT2D eigenvalue weighted by atomic mass is 10.2. The zero-order valence-corrected chi connectivity index (χ0v) is 11.8. The van der Waals surface area contributed by atoms with Crippen LogP contribution in [0.4, 0.5) is 0 Å². The Morgan fingerprint density at radius 2 is 2.00 bits per heavy atom. The second-order valence-electron chi connectivity index (χ2n) is 4.75. The molecule has 0 saturated carbocycles. The molecule has 1 aromatic rings. The minimum absolute atomic E-state index is 0.143. The first-order valence-corrected chi connectivity index (χ1v) is 6.68. The maximum Gasteiger partial charge on any atom is 0.328 e. The third-order valence-corrected chi connectivity index (χ3v) is 3.34. The van der Waals surface area contributed by atoms with E-state index in [1.807, 2.05) is 30.3 Å². The molecule has 0 radical (unpaired) electrons. The summed E-state index contributed by atoms with van der Waals surface area (Å²) in [6.45, 7) is -0.0873. The average Bonchev–Trinajstić information content (AvgIpc) is 2.86. The summed E-state index contributed by atoms with van der Waals surface area (Å²) in [4.78, 5) is 36.3. The Morgan fingerprint density at radius 1 is 1.29 bits per heavy atom. The minimum atomic E-state index is -0.688. The largest absolute Gasteiger partial charge is 0.467 e. The highest BCUT2D eigenvalue weighted by Crippen LogP contribution is 2.19. The number of nitrogens with zero attached hydrogens (tertiary/aromatic N) is 1. The van der Waals surface area contributed by atoms with Gasteiger partial charge in [0.1, 0.15) is 19.2 Å². The number of esters is 2. The monoisotopic (exact) mass is 291 g/mol. The summed E-state index contributed by atoms with van der Waals surface area (Å²) in [7, 11) is 1.26. The number of likely N-dealkylation sites (tertiary alicyclic amines) is 1. The smallest absolute Gasteiger partial charge is 0.328 e. The highest BCUT2D eigenvalue weighted by Gasteiger charge is 2.38. The molecule has 0 unspecified atom stereocenters. The molecular weight excluding hydrogens is 274 g/mol. The summed E-state index contributed by atoms with van der Waals surface area (Å²) in [5.41, 5.74) is 0.864. The van der Waals surface area contributed by atoms with Gasteiger partial charge in [-0.3, -0.25) is 9.59 Å². The SMILES string of the molecule is COC(=O)[C@H]1CCC(=O)N1CC(=O)OCc1ccccc1. The third kappa shape index (κ3) is 3.81. The lowest BCUT2D eigenvalue weighted by Crippen LogP contribution is -2.42. The number of carbonyl (C=O) groups excluding carboxylic acids is 3. The molecule has 6 nitrogen and oxygen atoms in total. The van der Waals surface area contributed by atoms with Crippen molar-refractivity contribution in [2.24, 2.45) is 0 Å². The van der Waals surface area contributed by atoms with Crippen LogP contribution in [0.15, 0.2) is 30.3 Å². The van der Waals surface area contributed by atoms with Crippen LogP contribution >= 0.6 is 0 Å². The summed E-state index contributed by atoms with van der Waals surface area (Å²) >= 11 is 0. The van der Waals surface area contributed by atoms with Gasteiger partial charge in [0.25, 0.3) is 0 Å². The summed E-state index contributed by atoms with van der Waals surface area (Å²) in [6.07, 6.45) is 0.614. The van der Waals surface area contributed by atoms with Gasteiger partial charge < -0.3 is 14.4 Å². The molecule has 0 N–H and O–H groups in total. The van der Waals surface area contributed by atoms with Gasteiger partial charge in [0.2, 0.25) is 5.91 Å². The maximum atomic E-state index is 11.8. The van der Waals surface area contributed by atoms with Crippen LogP contribution < -0.4 is 0 Å². The molecule has 1 aliphatic heterocycles. The average molecular weight is 291 g/mol. The van der Waals surface area contributed by atoms with Crippen molar-refractivity contribution in [3.05, 3.63) is 35.9 Å². The molecular formula is C15H17NO5. The molecule has 1 heterocycles. The molecule has 0 aliphatic carbocycles. The Bertz CT molecular complexity index is 528.